The molecule has 1 saturated heterocycles. The maximum atomic E-state index is 13.0. The van der Waals surface area contributed by atoms with Gasteiger partial charge in [-0.2, -0.15) is 22.8 Å². The van der Waals surface area contributed by atoms with E-state index >= 15 is 0 Å². The summed E-state index contributed by atoms with van der Waals surface area (Å²) in [6, 6.07) is 15.2. The lowest BCUT2D eigenvalue weighted by atomic mass is 9.96. The maximum absolute atomic E-state index is 13.0. The third-order valence-electron chi connectivity index (χ3n) is 6.52. The molecule has 1 aliphatic rings. The summed E-state index contributed by atoms with van der Waals surface area (Å²) in [5.74, 6) is 1.26. The topological polar surface area (TPSA) is 45.5 Å². The molecule has 0 atom stereocenters. The van der Waals surface area contributed by atoms with Gasteiger partial charge >= 0.3 is 6.18 Å². The van der Waals surface area contributed by atoms with Crippen molar-refractivity contribution < 1.29 is 13.2 Å². The molecule has 188 valence electrons. The van der Waals surface area contributed by atoms with E-state index in [2.05, 4.69) is 31.2 Å². The van der Waals surface area contributed by atoms with Gasteiger partial charge in [-0.25, -0.2) is 4.98 Å². The van der Waals surface area contributed by atoms with Crippen LogP contribution in [0.5, 0.6) is 0 Å². The van der Waals surface area contributed by atoms with Gasteiger partial charge in [-0.15, -0.1) is 0 Å². The number of likely N-dealkylation sites (tertiary alicyclic amines) is 1. The van der Waals surface area contributed by atoms with Gasteiger partial charge in [0.2, 0.25) is 0 Å². The van der Waals surface area contributed by atoms with Gasteiger partial charge in [0.25, 0.3) is 0 Å². The lowest BCUT2D eigenvalue weighted by Crippen LogP contribution is -2.35. The molecule has 5 nitrogen and oxygen atoms in total. The zero-order valence-electron chi connectivity index (χ0n) is 19.3. The van der Waals surface area contributed by atoms with E-state index < -0.39 is 11.7 Å². The quantitative estimate of drug-likeness (QED) is 0.264. The third-order valence-corrected chi connectivity index (χ3v) is 7.41. The number of halogens is 5. The number of fused-ring (bicyclic) bond motifs is 1. The molecular formula is C26H24BrClF3N5. The number of nitrogens with zero attached hydrogens (tertiary/aromatic N) is 4. The predicted molar refractivity (Wildman–Crippen MR) is 139 cm³/mol. The van der Waals surface area contributed by atoms with Crippen LogP contribution in [0.4, 0.5) is 19.0 Å². The van der Waals surface area contributed by atoms with Crippen molar-refractivity contribution in [2.45, 2.75) is 25.6 Å². The predicted octanol–water partition coefficient (Wildman–Crippen LogP) is 7.16. The molecule has 2 aromatic carbocycles. The first-order valence-electron chi connectivity index (χ1n) is 11.7. The van der Waals surface area contributed by atoms with E-state index in [1.54, 1.807) is 16.8 Å². The van der Waals surface area contributed by atoms with Gasteiger partial charge < -0.3 is 5.32 Å². The van der Waals surface area contributed by atoms with Gasteiger partial charge in [0.05, 0.1) is 21.9 Å². The molecule has 0 spiro atoms. The Labute approximate surface area is 220 Å². The number of piperidine rings is 1. The highest BCUT2D eigenvalue weighted by Gasteiger charge is 2.30. The minimum atomic E-state index is -4.32. The molecule has 0 unspecified atom stereocenters. The number of benzene rings is 2. The van der Waals surface area contributed by atoms with Gasteiger partial charge in [0.1, 0.15) is 5.82 Å². The number of anilines is 1. The van der Waals surface area contributed by atoms with E-state index in [4.69, 9.17) is 16.6 Å². The molecular weight excluding hydrogens is 555 g/mol. The summed E-state index contributed by atoms with van der Waals surface area (Å²) in [6.07, 6.45) is -0.681. The second-order valence-electron chi connectivity index (χ2n) is 9.03. The molecule has 0 radical (unpaired) electrons. The Morgan fingerprint density at radius 3 is 2.58 bits per heavy atom. The van der Waals surface area contributed by atoms with Crippen LogP contribution in [-0.2, 0) is 12.7 Å². The maximum Gasteiger partial charge on any atom is 0.416 e. The Morgan fingerprint density at radius 1 is 1.06 bits per heavy atom. The van der Waals surface area contributed by atoms with Crippen molar-refractivity contribution >= 4 is 39.0 Å². The molecule has 5 rings (SSSR count). The summed E-state index contributed by atoms with van der Waals surface area (Å²) in [7, 11) is 0. The highest BCUT2D eigenvalue weighted by molar-refractivity contribution is 9.10. The first-order chi connectivity index (χ1) is 17.3. The van der Waals surface area contributed by atoms with Crippen LogP contribution >= 0.6 is 27.5 Å². The molecule has 3 heterocycles. The van der Waals surface area contributed by atoms with E-state index in [0.29, 0.717) is 28.7 Å². The van der Waals surface area contributed by atoms with Crippen molar-refractivity contribution in [3.63, 3.8) is 0 Å². The van der Waals surface area contributed by atoms with E-state index in [1.165, 1.54) is 12.1 Å². The molecule has 0 saturated carbocycles. The van der Waals surface area contributed by atoms with Crippen LogP contribution in [0.15, 0.2) is 65.3 Å². The van der Waals surface area contributed by atoms with E-state index in [-0.39, 0.29) is 0 Å². The SMILES string of the molecule is FC(F)(F)c1cccc(CN2CCC(CNc3cc(-c4ccccc4Cl)nc4c(Br)cnn34)CC2)c1. The highest BCUT2D eigenvalue weighted by Crippen LogP contribution is 2.32. The third kappa shape index (κ3) is 5.53. The molecule has 1 fully saturated rings. The average molecular weight is 579 g/mol. The summed E-state index contributed by atoms with van der Waals surface area (Å²) >= 11 is 9.95. The molecule has 10 heteroatoms. The summed E-state index contributed by atoms with van der Waals surface area (Å²) < 4.78 is 41.6. The van der Waals surface area contributed by atoms with Crippen LogP contribution in [0, 0.1) is 5.92 Å². The van der Waals surface area contributed by atoms with Gasteiger partial charge in [-0.3, -0.25) is 4.90 Å². The van der Waals surface area contributed by atoms with Crippen LogP contribution in [0.2, 0.25) is 5.02 Å². The standard InChI is InChI=1S/C26H24BrClF3N5/c27-21-15-33-36-24(13-23(34-25(21)36)20-6-1-2-7-22(20)28)32-14-17-8-10-35(11-9-17)16-18-4-3-5-19(12-18)26(29,30)31/h1-7,12-13,15,17,32H,8-11,14,16H2. The Balaban J connectivity index is 1.24. The Morgan fingerprint density at radius 2 is 1.83 bits per heavy atom. The average Bonchev–Trinajstić information content (AvgIpc) is 3.24. The van der Waals surface area contributed by atoms with Crippen molar-refractivity contribution in [1.82, 2.24) is 19.5 Å². The zero-order valence-corrected chi connectivity index (χ0v) is 21.6. The first-order valence-corrected chi connectivity index (χ1v) is 12.9. The molecule has 0 amide bonds. The minimum Gasteiger partial charge on any atom is -0.370 e. The molecule has 0 bridgehead atoms. The molecule has 0 aliphatic carbocycles. The summed E-state index contributed by atoms with van der Waals surface area (Å²) in [5, 5.41) is 8.62. The number of hydrogen-bond donors (Lipinski definition) is 1. The lowest BCUT2D eigenvalue weighted by Gasteiger charge is -2.32. The second kappa shape index (κ2) is 10.4. The Kier molecular flexibility index (Phi) is 7.23. The molecule has 2 aromatic heterocycles. The van der Waals surface area contributed by atoms with Crippen LogP contribution in [0.3, 0.4) is 0 Å². The Hall–Kier alpha value is -2.62. The van der Waals surface area contributed by atoms with Crippen LogP contribution < -0.4 is 5.32 Å². The summed E-state index contributed by atoms with van der Waals surface area (Å²) in [6.45, 7) is 2.96. The van der Waals surface area contributed by atoms with Crippen molar-refractivity contribution in [3.05, 3.63) is 81.4 Å². The van der Waals surface area contributed by atoms with Crippen molar-refractivity contribution in [3.8, 4) is 11.3 Å². The summed E-state index contributed by atoms with van der Waals surface area (Å²) in [5.41, 5.74) is 2.40. The number of alkyl halides is 3. The number of hydrogen-bond acceptors (Lipinski definition) is 4. The monoisotopic (exact) mass is 577 g/mol. The van der Waals surface area contributed by atoms with Crippen LogP contribution in [0.1, 0.15) is 24.0 Å². The fourth-order valence-electron chi connectivity index (χ4n) is 4.57. The highest BCUT2D eigenvalue weighted by atomic mass is 79.9. The zero-order chi connectivity index (χ0) is 25.3. The fourth-order valence-corrected chi connectivity index (χ4v) is 5.15. The van der Waals surface area contributed by atoms with Gasteiger partial charge in [0.15, 0.2) is 5.65 Å². The number of rotatable bonds is 6. The normalized spacial score (nSPS) is 15.5. The molecule has 36 heavy (non-hydrogen) atoms. The van der Waals surface area contributed by atoms with Gasteiger partial charge in [0, 0.05) is 29.7 Å². The van der Waals surface area contributed by atoms with Crippen LogP contribution in [-0.4, -0.2) is 39.1 Å². The van der Waals surface area contributed by atoms with Crippen LogP contribution in [0.25, 0.3) is 16.9 Å². The van der Waals surface area contributed by atoms with Gasteiger partial charge in [-0.1, -0.05) is 48.0 Å². The second-order valence-corrected chi connectivity index (χ2v) is 10.3. The van der Waals surface area contributed by atoms with Gasteiger partial charge in [-0.05, 0) is 65.5 Å². The molecule has 4 aromatic rings. The lowest BCUT2D eigenvalue weighted by molar-refractivity contribution is -0.137. The molecule has 1 N–H and O–H groups in total. The van der Waals surface area contributed by atoms with Crippen molar-refractivity contribution in [1.29, 1.82) is 0 Å². The smallest absolute Gasteiger partial charge is 0.370 e. The first kappa shape index (κ1) is 25.0. The van der Waals surface area contributed by atoms with Crippen molar-refractivity contribution in [2.24, 2.45) is 5.92 Å². The Bertz CT molecular complexity index is 1370. The van der Waals surface area contributed by atoms with E-state index in [1.807, 2.05) is 30.3 Å². The van der Waals surface area contributed by atoms with Crippen molar-refractivity contribution in [2.75, 3.05) is 25.0 Å². The fraction of sp³-hybridized carbons (Fsp3) is 0.308. The number of aromatic nitrogens is 3. The largest absolute Gasteiger partial charge is 0.416 e. The minimum absolute atomic E-state index is 0.439. The summed E-state index contributed by atoms with van der Waals surface area (Å²) in [4.78, 5) is 6.96. The van der Waals surface area contributed by atoms with E-state index in [0.717, 1.165) is 60.1 Å². The molecule has 1 aliphatic heterocycles. The number of nitrogens with one attached hydrogen (secondary N) is 1. The van der Waals surface area contributed by atoms with E-state index in [9.17, 15) is 13.2 Å².